The van der Waals surface area contributed by atoms with E-state index in [1.807, 2.05) is 6.07 Å². The molecule has 0 aliphatic carbocycles. The van der Waals surface area contributed by atoms with Crippen LogP contribution in [0.3, 0.4) is 0 Å². The first-order chi connectivity index (χ1) is 14.5. The summed E-state index contributed by atoms with van der Waals surface area (Å²) in [6.07, 6.45) is -0.683. The lowest BCUT2D eigenvalue weighted by Crippen LogP contribution is -2.44. The summed E-state index contributed by atoms with van der Waals surface area (Å²) in [4.78, 5) is 27.1. The molecular formula is C23H21FN4O2. The molecule has 0 radical (unpaired) electrons. The summed E-state index contributed by atoms with van der Waals surface area (Å²) >= 11 is 0. The van der Waals surface area contributed by atoms with Gasteiger partial charge < -0.3 is 21.3 Å². The first-order valence-electron chi connectivity index (χ1n) is 9.60. The second kappa shape index (κ2) is 8.24. The topological polar surface area (TPSA) is 87.5 Å². The van der Waals surface area contributed by atoms with Gasteiger partial charge in [0.25, 0.3) is 5.91 Å². The molecule has 0 bridgehead atoms. The number of benzene rings is 3. The predicted octanol–water partition coefficient (Wildman–Crippen LogP) is 4.00. The van der Waals surface area contributed by atoms with Crippen molar-refractivity contribution in [3.05, 3.63) is 89.7 Å². The summed E-state index contributed by atoms with van der Waals surface area (Å²) in [6.45, 7) is 0.109. The van der Waals surface area contributed by atoms with E-state index in [-0.39, 0.29) is 24.8 Å². The van der Waals surface area contributed by atoms with E-state index >= 15 is 0 Å². The van der Waals surface area contributed by atoms with Gasteiger partial charge in [0, 0.05) is 24.2 Å². The van der Waals surface area contributed by atoms with Crippen LogP contribution < -0.4 is 16.4 Å². The first-order valence-corrected chi connectivity index (χ1v) is 9.60. The number of anilines is 3. The lowest BCUT2D eigenvalue weighted by molar-refractivity contribution is -0.116. The lowest BCUT2D eigenvalue weighted by atomic mass is 10.0. The van der Waals surface area contributed by atoms with Crippen LogP contribution in [0.25, 0.3) is 0 Å². The van der Waals surface area contributed by atoms with Gasteiger partial charge in [-0.2, -0.15) is 0 Å². The van der Waals surface area contributed by atoms with E-state index in [1.54, 1.807) is 60.7 Å². The number of rotatable bonds is 5. The number of nitrogens with zero attached hydrogens (tertiary/aromatic N) is 1. The Labute approximate surface area is 173 Å². The van der Waals surface area contributed by atoms with Crippen molar-refractivity contribution in [1.82, 2.24) is 4.90 Å². The van der Waals surface area contributed by atoms with Crippen LogP contribution >= 0.6 is 0 Å². The van der Waals surface area contributed by atoms with Crippen LogP contribution in [0.4, 0.5) is 21.5 Å². The fourth-order valence-electron chi connectivity index (χ4n) is 3.51. The van der Waals surface area contributed by atoms with Crippen LogP contribution in [0, 0.1) is 5.82 Å². The molecular weight excluding hydrogens is 383 g/mol. The average molecular weight is 404 g/mol. The van der Waals surface area contributed by atoms with Crippen LogP contribution in [-0.2, 0) is 4.79 Å². The molecule has 6 nitrogen and oxygen atoms in total. The summed E-state index contributed by atoms with van der Waals surface area (Å²) in [5, 5.41) is 5.98. The third-order valence-corrected chi connectivity index (χ3v) is 5.04. The maximum absolute atomic E-state index is 14.5. The molecule has 1 unspecified atom stereocenters. The fourth-order valence-corrected chi connectivity index (χ4v) is 3.51. The first kappa shape index (κ1) is 19.4. The quantitative estimate of drug-likeness (QED) is 0.561. The number of nitrogens with one attached hydrogen (secondary N) is 2. The van der Waals surface area contributed by atoms with Gasteiger partial charge >= 0.3 is 0 Å². The molecule has 4 rings (SSSR count). The van der Waals surface area contributed by atoms with Crippen LogP contribution in [0.5, 0.6) is 0 Å². The van der Waals surface area contributed by atoms with Crippen molar-refractivity contribution in [2.24, 2.45) is 0 Å². The summed E-state index contributed by atoms with van der Waals surface area (Å²) in [7, 11) is 0. The molecule has 30 heavy (non-hydrogen) atoms. The smallest absolute Gasteiger partial charge is 0.257 e. The number of hydrogen-bond donors (Lipinski definition) is 3. The molecule has 0 saturated carbocycles. The van der Waals surface area contributed by atoms with E-state index in [2.05, 4.69) is 10.6 Å². The van der Waals surface area contributed by atoms with E-state index in [1.165, 1.54) is 11.0 Å². The van der Waals surface area contributed by atoms with Crippen molar-refractivity contribution >= 4 is 28.9 Å². The van der Waals surface area contributed by atoms with Crippen molar-refractivity contribution in [1.29, 1.82) is 0 Å². The van der Waals surface area contributed by atoms with E-state index < -0.39 is 12.0 Å². The van der Waals surface area contributed by atoms with Crippen molar-refractivity contribution in [2.75, 3.05) is 22.9 Å². The zero-order chi connectivity index (χ0) is 21.1. The Bertz CT molecular complexity index is 1100. The summed E-state index contributed by atoms with van der Waals surface area (Å²) in [5.41, 5.74) is 8.30. The highest BCUT2D eigenvalue weighted by Gasteiger charge is 2.34. The molecule has 7 heteroatoms. The number of hydrogen-bond acceptors (Lipinski definition) is 4. The van der Waals surface area contributed by atoms with Gasteiger partial charge in [0.05, 0.1) is 16.9 Å². The zero-order valence-corrected chi connectivity index (χ0v) is 16.1. The Kier molecular flexibility index (Phi) is 5.34. The minimum Gasteiger partial charge on any atom is -0.397 e. The van der Waals surface area contributed by atoms with Gasteiger partial charge in [0.15, 0.2) is 0 Å². The minimum atomic E-state index is -0.719. The molecule has 2 amide bonds. The maximum atomic E-state index is 14.5. The second-order valence-electron chi connectivity index (χ2n) is 7.00. The Morgan fingerprint density at radius 3 is 2.53 bits per heavy atom. The van der Waals surface area contributed by atoms with Crippen LogP contribution in [-0.4, -0.2) is 23.3 Å². The van der Waals surface area contributed by atoms with E-state index in [9.17, 15) is 14.0 Å². The van der Waals surface area contributed by atoms with E-state index in [0.29, 0.717) is 28.2 Å². The molecule has 1 aliphatic heterocycles. The van der Waals surface area contributed by atoms with Gasteiger partial charge in [0.2, 0.25) is 5.91 Å². The molecule has 152 valence electrons. The number of carbonyl (C=O) groups is 2. The molecule has 1 heterocycles. The van der Waals surface area contributed by atoms with Crippen LogP contribution in [0.2, 0.25) is 0 Å². The van der Waals surface area contributed by atoms with Gasteiger partial charge in [-0.25, -0.2) is 4.39 Å². The van der Waals surface area contributed by atoms with Crippen molar-refractivity contribution < 1.29 is 14.0 Å². The van der Waals surface area contributed by atoms with Crippen LogP contribution in [0.15, 0.2) is 72.8 Å². The monoisotopic (exact) mass is 404 g/mol. The Balaban J connectivity index is 1.57. The SMILES string of the molecule is Nc1ccccc1NC(=O)CCN1C(=O)c2ccccc2NC1c1ccccc1F. The molecule has 3 aromatic carbocycles. The maximum Gasteiger partial charge on any atom is 0.257 e. The standard InChI is InChI=1S/C23H21FN4O2/c24-17-9-3-1-7-15(17)22-27-19-11-5-2-8-16(19)23(30)28(22)14-13-21(29)26-20-12-6-4-10-18(20)25/h1-12,22,27H,13-14,25H2,(H,26,29). The van der Waals surface area contributed by atoms with Crippen LogP contribution in [0.1, 0.15) is 28.5 Å². The average Bonchev–Trinajstić information content (AvgIpc) is 2.75. The fraction of sp³-hybridized carbons (Fsp3) is 0.130. The third-order valence-electron chi connectivity index (χ3n) is 5.04. The molecule has 0 spiro atoms. The van der Waals surface area contributed by atoms with Gasteiger partial charge in [0.1, 0.15) is 12.0 Å². The van der Waals surface area contributed by atoms with Gasteiger partial charge in [-0.1, -0.05) is 42.5 Å². The number of halogens is 1. The molecule has 4 N–H and O–H groups in total. The molecule has 1 atom stereocenters. The zero-order valence-electron chi connectivity index (χ0n) is 16.1. The number of carbonyl (C=O) groups excluding carboxylic acids is 2. The van der Waals surface area contributed by atoms with Gasteiger partial charge in [-0.15, -0.1) is 0 Å². The highest BCUT2D eigenvalue weighted by Crippen LogP contribution is 2.34. The molecule has 1 aliphatic rings. The lowest BCUT2D eigenvalue weighted by Gasteiger charge is -2.38. The van der Waals surface area contributed by atoms with Crippen molar-refractivity contribution in [2.45, 2.75) is 12.6 Å². The number of nitrogen functional groups attached to an aromatic ring is 1. The molecule has 0 aromatic heterocycles. The number of amides is 2. The van der Waals surface area contributed by atoms with E-state index in [0.717, 1.165) is 0 Å². The largest absolute Gasteiger partial charge is 0.397 e. The van der Waals surface area contributed by atoms with Gasteiger partial charge in [-0.3, -0.25) is 9.59 Å². The van der Waals surface area contributed by atoms with Gasteiger partial charge in [-0.05, 0) is 30.3 Å². The highest BCUT2D eigenvalue weighted by molar-refractivity contribution is 6.02. The minimum absolute atomic E-state index is 0.0366. The third kappa shape index (κ3) is 3.82. The number of para-hydroxylation sites is 3. The number of nitrogens with two attached hydrogens (primary N) is 1. The summed E-state index contributed by atoms with van der Waals surface area (Å²) in [6, 6.07) is 20.3. The predicted molar refractivity (Wildman–Crippen MR) is 114 cm³/mol. The highest BCUT2D eigenvalue weighted by atomic mass is 19.1. The van der Waals surface area contributed by atoms with Crippen molar-refractivity contribution in [3.8, 4) is 0 Å². The molecule has 0 fully saturated rings. The van der Waals surface area contributed by atoms with Crippen molar-refractivity contribution in [3.63, 3.8) is 0 Å². The Morgan fingerprint density at radius 1 is 1.03 bits per heavy atom. The summed E-state index contributed by atoms with van der Waals surface area (Å²) < 4.78 is 14.5. The summed E-state index contributed by atoms with van der Waals surface area (Å²) in [5.74, 6) is -0.967. The second-order valence-corrected chi connectivity index (χ2v) is 7.00. The number of fused-ring (bicyclic) bond motifs is 1. The molecule has 3 aromatic rings. The molecule has 0 saturated heterocycles. The Morgan fingerprint density at radius 2 is 1.73 bits per heavy atom. The normalized spacial score (nSPS) is 15.3. The van der Waals surface area contributed by atoms with E-state index in [4.69, 9.17) is 5.73 Å². The Hall–Kier alpha value is -3.87.